The van der Waals surface area contributed by atoms with Crippen LogP contribution in [0.1, 0.15) is 5.56 Å². The second kappa shape index (κ2) is 5.75. The van der Waals surface area contributed by atoms with E-state index in [4.69, 9.17) is 0 Å². The summed E-state index contributed by atoms with van der Waals surface area (Å²) in [5, 5.41) is 0. The molecule has 0 bridgehead atoms. The van der Waals surface area contributed by atoms with Crippen LogP contribution in [0.15, 0.2) is 60.9 Å². The van der Waals surface area contributed by atoms with Gasteiger partial charge in [0.2, 0.25) is 0 Å². The zero-order valence-electron chi connectivity index (χ0n) is 10.6. The van der Waals surface area contributed by atoms with E-state index in [0.717, 1.165) is 17.0 Å². The van der Waals surface area contributed by atoms with Gasteiger partial charge in [0.25, 0.3) is 0 Å². The van der Waals surface area contributed by atoms with Gasteiger partial charge in [-0.15, -0.1) is 0 Å². The van der Waals surface area contributed by atoms with Gasteiger partial charge in [-0.2, -0.15) is 0 Å². The second-order valence-electron chi connectivity index (χ2n) is 4.52. The molecule has 4 heteroatoms. The Balaban J connectivity index is 1.92. The first-order valence-electron chi connectivity index (χ1n) is 6.24. The third-order valence-corrected chi connectivity index (χ3v) is 3.78. The van der Waals surface area contributed by atoms with Crippen molar-refractivity contribution in [1.82, 2.24) is 9.55 Å². The fourth-order valence-electron chi connectivity index (χ4n) is 2.13. The van der Waals surface area contributed by atoms with Crippen molar-refractivity contribution in [2.45, 2.75) is 6.54 Å². The van der Waals surface area contributed by atoms with Gasteiger partial charge >= 0.3 is 0 Å². The normalized spacial score (nSPS) is 10.7. The third-order valence-electron chi connectivity index (χ3n) is 3.06. The van der Waals surface area contributed by atoms with E-state index in [1.807, 2.05) is 29.0 Å². The minimum atomic E-state index is -0.210. The number of hydrogen-bond donors (Lipinski definition) is 0. The van der Waals surface area contributed by atoms with Gasteiger partial charge in [0.15, 0.2) is 0 Å². The first-order chi connectivity index (χ1) is 9.72. The number of nitrogens with zero attached hydrogens (tertiary/aromatic N) is 2. The molecule has 0 aliphatic carbocycles. The molecule has 0 saturated heterocycles. The van der Waals surface area contributed by atoms with Crippen LogP contribution in [-0.2, 0) is 6.54 Å². The molecule has 3 aromatic rings. The molecule has 0 N–H and O–H groups in total. The Morgan fingerprint density at radius 3 is 2.65 bits per heavy atom. The van der Waals surface area contributed by atoms with Gasteiger partial charge in [-0.1, -0.05) is 24.3 Å². The van der Waals surface area contributed by atoms with Gasteiger partial charge in [-0.3, -0.25) is 0 Å². The Bertz CT molecular complexity index is 719. The van der Waals surface area contributed by atoms with Crippen molar-refractivity contribution in [3.8, 4) is 11.4 Å². The van der Waals surface area contributed by atoms with Crippen molar-refractivity contribution in [1.29, 1.82) is 0 Å². The molecule has 2 aromatic carbocycles. The highest BCUT2D eigenvalue weighted by Crippen LogP contribution is 2.20. The molecule has 0 saturated carbocycles. The molecule has 0 aliphatic rings. The summed E-state index contributed by atoms with van der Waals surface area (Å²) in [5.74, 6) is 0.684. The Hall–Kier alpha value is -1.69. The lowest BCUT2D eigenvalue weighted by molar-refractivity contribution is 0.623. The summed E-state index contributed by atoms with van der Waals surface area (Å²) in [7, 11) is 0. The summed E-state index contributed by atoms with van der Waals surface area (Å²) in [6.07, 6.45) is 3.69. The summed E-state index contributed by atoms with van der Waals surface area (Å²) in [4.78, 5) is 4.40. The van der Waals surface area contributed by atoms with E-state index < -0.39 is 0 Å². The molecule has 3 rings (SSSR count). The van der Waals surface area contributed by atoms with Gasteiger partial charge in [0.1, 0.15) is 11.6 Å². The maximum atomic E-state index is 13.2. The minimum absolute atomic E-state index is 0.210. The zero-order valence-corrected chi connectivity index (χ0v) is 12.8. The Morgan fingerprint density at radius 2 is 1.90 bits per heavy atom. The minimum Gasteiger partial charge on any atom is -0.327 e. The van der Waals surface area contributed by atoms with E-state index in [1.165, 1.54) is 9.64 Å². The molecule has 0 atom stereocenters. The average Bonchev–Trinajstić information content (AvgIpc) is 2.88. The molecule has 0 radical (unpaired) electrons. The summed E-state index contributed by atoms with van der Waals surface area (Å²) in [6.45, 7) is 0.610. The topological polar surface area (TPSA) is 17.8 Å². The highest BCUT2D eigenvalue weighted by molar-refractivity contribution is 14.1. The number of halogens is 2. The molecular formula is C16H12FIN2. The van der Waals surface area contributed by atoms with Crippen molar-refractivity contribution < 1.29 is 4.39 Å². The Labute approximate surface area is 130 Å². The molecule has 1 heterocycles. The van der Waals surface area contributed by atoms with E-state index in [1.54, 1.807) is 18.3 Å². The predicted octanol–water partition coefficient (Wildman–Crippen LogP) is 4.34. The van der Waals surface area contributed by atoms with Gasteiger partial charge in [0.05, 0.1) is 0 Å². The van der Waals surface area contributed by atoms with E-state index in [9.17, 15) is 4.39 Å². The van der Waals surface area contributed by atoms with Crippen LogP contribution in [0.3, 0.4) is 0 Å². The standard InChI is InChI=1S/C16H12FIN2/c17-14-3-1-2-12(10-14)11-20-9-8-19-16(20)13-4-6-15(18)7-5-13/h1-10H,11H2. The van der Waals surface area contributed by atoms with Crippen LogP contribution in [0, 0.1) is 9.39 Å². The lowest BCUT2D eigenvalue weighted by Gasteiger charge is -2.08. The Kier molecular flexibility index (Phi) is 3.82. The van der Waals surface area contributed by atoms with Crippen molar-refractivity contribution >= 4 is 22.6 Å². The van der Waals surface area contributed by atoms with Crippen molar-refractivity contribution in [3.63, 3.8) is 0 Å². The number of aromatic nitrogens is 2. The van der Waals surface area contributed by atoms with Gasteiger partial charge in [0, 0.05) is 28.1 Å². The number of imidazole rings is 1. The summed E-state index contributed by atoms with van der Waals surface area (Å²) >= 11 is 2.28. The molecule has 0 spiro atoms. The molecule has 0 unspecified atom stereocenters. The van der Waals surface area contributed by atoms with Gasteiger partial charge in [-0.25, -0.2) is 9.37 Å². The van der Waals surface area contributed by atoms with Crippen molar-refractivity contribution in [2.75, 3.05) is 0 Å². The monoisotopic (exact) mass is 378 g/mol. The fraction of sp³-hybridized carbons (Fsp3) is 0.0625. The van der Waals surface area contributed by atoms with Crippen molar-refractivity contribution in [3.05, 3.63) is 75.9 Å². The van der Waals surface area contributed by atoms with E-state index in [2.05, 4.69) is 39.7 Å². The quantitative estimate of drug-likeness (QED) is 0.620. The van der Waals surface area contributed by atoms with Crippen LogP contribution in [-0.4, -0.2) is 9.55 Å². The summed E-state index contributed by atoms with van der Waals surface area (Å²) in [6, 6.07) is 14.9. The lowest BCUT2D eigenvalue weighted by Crippen LogP contribution is -2.01. The predicted molar refractivity (Wildman–Crippen MR) is 85.9 cm³/mol. The van der Waals surface area contributed by atoms with Crippen LogP contribution >= 0.6 is 22.6 Å². The van der Waals surface area contributed by atoms with Crippen LogP contribution in [0.4, 0.5) is 4.39 Å². The van der Waals surface area contributed by atoms with E-state index >= 15 is 0 Å². The average molecular weight is 378 g/mol. The lowest BCUT2D eigenvalue weighted by atomic mass is 10.2. The van der Waals surface area contributed by atoms with Crippen LogP contribution in [0.2, 0.25) is 0 Å². The molecule has 100 valence electrons. The maximum absolute atomic E-state index is 13.2. The first kappa shape index (κ1) is 13.3. The molecular weight excluding hydrogens is 366 g/mol. The molecule has 0 amide bonds. The highest BCUT2D eigenvalue weighted by atomic mass is 127. The highest BCUT2D eigenvalue weighted by Gasteiger charge is 2.06. The number of rotatable bonds is 3. The maximum Gasteiger partial charge on any atom is 0.140 e. The molecule has 0 aliphatic heterocycles. The zero-order chi connectivity index (χ0) is 13.9. The van der Waals surface area contributed by atoms with Gasteiger partial charge in [-0.05, 0) is 52.4 Å². The fourth-order valence-corrected chi connectivity index (χ4v) is 2.49. The third kappa shape index (κ3) is 2.90. The second-order valence-corrected chi connectivity index (χ2v) is 5.76. The first-order valence-corrected chi connectivity index (χ1v) is 7.32. The molecule has 1 aromatic heterocycles. The van der Waals surface area contributed by atoms with Gasteiger partial charge < -0.3 is 4.57 Å². The molecule has 20 heavy (non-hydrogen) atoms. The summed E-state index contributed by atoms with van der Waals surface area (Å²) in [5.41, 5.74) is 1.99. The molecule has 2 nitrogen and oxygen atoms in total. The van der Waals surface area contributed by atoms with Crippen LogP contribution in [0.25, 0.3) is 11.4 Å². The van der Waals surface area contributed by atoms with E-state index in [-0.39, 0.29) is 5.82 Å². The van der Waals surface area contributed by atoms with E-state index in [0.29, 0.717) is 6.54 Å². The summed E-state index contributed by atoms with van der Waals surface area (Å²) < 4.78 is 16.5. The van der Waals surface area contributed by atoms with Crippen LogP contribution < -0.4 is 0 Å². The number of hydrogen-bond acceptors (Lipinski definition) is 1. The van der Waals surface area contributed by atoms with Crippen LogP contribution in [0.5, 0.6) is 0 Å². The SMILES string of the molecule is Fc1cccc(Cn2ccnc2-c2ccc(I)cc2)c1. The largest absolute Gasteiger partial charge is 0.327 e. The van der Waals surface area contributed by atoms with Crippen molar-refractivity contribution in [2.24, 2.45) is 0 Å². The Morgan fingerprint density at radius 1 is 1.10 bits per heavy atom. The molecule has 0 fully saturated rings. The number of benzene rings is 2. The smallest absolute Gasteiger partial charge is 0.140 e.